The Bertz CT molecular complexity index is 698. The van der Waals surface area contributed by atoms with Gasteiger partial charge in [-0.1, -0.05) is 49.4 Å². The largest absolute Gasteiger partial charge is 0.478 e. The van der Waals surface area contributed by atoms with E-state index < -0.39 is 5.97 Å². The van der Waals surface area contributed by atoms with Crippen LogP contribution in [0.15, 0.2) is 54.6 Å². The predicted molar refractivity (Wildman–Crippen MR) is 96.2 cm³/mol. The molecule has 0 radical (unpaired) electrons. The van der Waals surface area contributed by atoms with E-state index in [-0.39, 0.29) is 0 Å². The molecule has 0 amide bonds. The van der Waals surface area contributed by atoms with Crippen LogP contribution in [0.25, 0.3) is 0 Å². The highest BCUT2D eigenvalue weighted by atomic mass is 16.4. The number of rotatable bonds is 6. The highest BCUT2D eigenvalue weighted by Gasteiger charge is 2.33. The van der Waals surface area contributed by atoms with E-state index >= 15 is 0 Å². The molecular weight excluding hydrogens is 298 g/mol. The first-order valence-electron chi connectivity index (χ1n) is 8.63. The summed E-state index contributed by atoms with van der Waals surface area (Å²) in [4.78, 5) is 13.6. The summed E-state index contributed by atoms with van der Waals surface area (Å²) in [7, 11) is 0. The maximum atomic E-state index is 11.1. The highest BCUT2D eigenvalue weighted by molar-refractivity contribution is 5.87. The number of benzene rings is 2. The Morgan fingerprint density at radius 3 is 2.62 bits per heavy atom. The zero-order chi connectivity index (χ0) is 17.0. The lowest BCUT2D eigenvalue weighted by Gasteiger charge is -2.25. The SMILES string of the molecule is CC1(CCc2ccccc2)CCN(Cc2cccc(C(=O)O)c2)C1. The predicted octanol–water partition coefficient (Wildman–Crippen LogP) is 4.23. The third-order valence-electron chi connectivity index (χ3n) is 5.08. The third-order valence-corrected chi connectivity index (χ3v) is 5.08. The van der Waals surface area contributed by atoms with Crippen molar-refractivity contribution in [2.24, 2.45) is 5.41 Å². The van der Waals surface area contributed by atoms with Crippen LogP contribution in [0.2, 0.25) is 0 Å². The number of carboxylic acids is 1. The Hall–Kier alpha value is -2.13. The molecule has 3 heteroatoms. The molecule has 2 aromatic rings. The number of aryl methyl sites for hydroxylation is 1. The van der Waals surface area contributed by atoms with Gasteiger partial charge in [0, 0.05) is 13.1 Å². The number of hydrogen-bond donors (Lipinski definition) is 1. The maximum Gasteiger partial charge on any atom is 0.335 e. The van der Waals surface area contributed by atoms with Crippen molar-refractivity contribution in [3.8, 4) is 0 Å². The van der Waals surface area contributed by atoms with Gasteiger partial charge in [0.15, 0.2) is 0 Å². The number of carboxylic acid groups (broad SMARTS) is 1. The van der Waals surface area contributed by atoms with Crippen molar-refractivity contribution in [1.82, 2.24) is 4.90 Å². The standard InChI is InChI=1S/C21H25NO2/c1-21(11-10-17-6-3-2-4-7-17)12-13-22(16-21)15-18-8-5-9-19(14-18)20(23)24/h2-9,14H,10-13,15-16H2,1H3,(H,23,24). The van der Waals surface area contributed by atoms with Gasteiger partial charge in [-0.15, -0.1) is 0 Å². The summed E-state index contributed by atoms with van der Waals surface area (Å²) in [5, 5.41) is 9.12. The van der Waals surface area contributed by atoms with Gasteiger partial charge < -0.3 is 5.11 Å². The fraction of sp³-hybridized carbons (Fsp3) is 0.381. The first kappa shape index (κ1) is 16.7. The number of aromatic carboxylic acids is 1. The monoisotopic (exact) mass is 323 g/mol. The molecule has 1 fully saturated rings. The smallest absolute Gasteiger partial charge is 0.335 e. The lowest BCUT2D eigenvalue weighted by atomic mass is 9.83. The number of nitrogens with zero attached hydrogens (tertiary/aromatic N) is 1. The molecule has 0 aliphatic carbocycles. The lowest BCUT2D eigenvalue weighted by molar-refractivity contribution is 0.0696. The summed E-state index contributed by atoms with van der Waals surface area (Å²) in [5.41, 5.74) is 3.22. The van der Waals surface area contributed by atoms with Crippen molar-refractivity contribution in [3.05, 3.63) is 71.3 Å². The van der Waals surface area contributed by atoms with Crippen LogP contribution >= 0.6 is 0 Å². The molecule has 0 aromatic heterocycles. The summed E-state index contributed by atoms with van der Waals surface area (Å²) in [6, 6.07) is 18.0. The number of carbonyl (C=O) groups is 1. The number of hydrogen-bond acceptors (Lipinski definition) is 2. The van der Waals surface area contributed by atoms with E-state index in [1.54, 1.807) is 12.1 Å². The van der Waals surface area contributed by atoms with Gasteiger partial charge in [-0.05, 0) is 54.5 Å². The molecule has 3 nitrogen and oxygen atoms in total. The minimum Gasteiger partial charge on any atom is -0.478 e. The normalized spacial score (nSPS) is 21.0. The Labute approximate surface area is 143 Å². The molecule has 126 valence electrons. The lowest BCUT2D eigenvalue weighted by Crippen LogP contribution is -2.25. The molecule has 1 aliphatic rings. The fourth-order valence-electron chi connectivity index (χ4n) is 3.62. The quantitative estimate of drug-likeness (QED) is 0.865. The highest BCUT2D eigenvalue weighted by Crippen LogP contribution is 2.35. The van der Waals surface area contributed by atoms with Gasteiger partial charge in [0.1, 0.15) is 0 Å². The van der Waals surface area contributed by atoms with Crippen molar-refractivity contribution in [2.45, 2.75) is 32.7 Å². The van der Waals surface area contributed by atoms with Gasteiger partial charge in [-0.2, -0.15) is 0 Å². The van der Waals surface area contributed by atoms with Crippen LogP contribution in [-0.2, 0) is 13.0 Å². The second-order valence-electron chi connectivity index (χ2n) is 7.26. The number of likely N-dealkylation sites (tertiary alicyclic amines) is 1. The van der Waals surface area contributed by atoms with E-state index in [0.717, 1.165) is 31.6 Å². The Morgan fingerprint density at radius 2 is 1.88 bits per heavy atom. The summed E-state index contributed by atoms with van der Waals surface area (Å²) in [6.45, 7) is 5.38. The molecule has 0 bridgehead atoms. The Kier molecular flexibility index (Phi) is 5.00. The molecule has 0 spiro atoms. The molecule has 1 heterocycles. The fourth-order valence-corrected chi connectivity index (χ4v) is 3.62. The third kappa shape index (κ3) is 4.24. The zero-order valence-electron chi connectivity index (χ0n) is 14.2. The second-order valence-corrected chi connectivity index (χ2v) is 7.26. The molecule has 3 rings (SSSR count). The van der Waals surface area contributed by atoms with Crippen LogP contribution in [0.4, 0.5) is 0 Å². The molecule has 24 heavy (non-hydrogen) atoms. The van der Waals surface area contributed by atoms with Crippen LogP contribution in [0.1, 0.15) is 41.3 Å². The van der Waals surface area contributed by atoms with Gasteiger partial charge >= 0.3 is 5.97 Å². The first-order chi connectivity index (χ1) is 11.5. The van der Waals surface area contributed by atoms with E-state index in [0.29, 0.717) is 11.0 Å². The van der Waals surface area contributed by atoms with Crippen molar-refractivity contribution in [3.63, 3.8) is 0 Å². The van der Waals surface area contributed by atoms with Crippen molar-refractivity contribution in [2.75, 3.05) is 13.1 Å². The summed E-state index contributed by atoms with van der Waals surface area (Å²) in [6.07, 6.45) is 3.53. The van der Waals surface area contributed by atoms with Crippen molar-refractivity contribution < 1.29 is 9.90 Å². The Morgan fingerprint density at radius 1 is 1.12 bits per heavy atom. The van der Waals surface area contributed by atoms with Crippen LogP contribution in [0.3, 0.4) is 0 Å². The minimum atomic E-state index is -0.856. The van der Waals surface area contributed by atoms with Gasteiger partial charge in [-0.3, -0.25) is 4.90 Å². The molecule has 1 unspecified atom stereocenters. The summed E-state index contributed by atoms with van der Waals surface area (Å²) < 4.78 is 0. The van der Waals surface area contributed by atoms with E-state index in [4.69, 9.17) is 5.11 Å². The topological polar surface area (TPSA) is 40.5 Å². The maximum absolute atomic E-state index is 11.1. The van der Waals surface area contributed by atoms with Crippen LogP contribution in [0.5, 0.6) is 0 Å². The second kappa shape index (κ2) is 7.18. The summed E-state index contributed by atoms with van der Waals surface area (Å²) >= 11 is 0. The van der Waals surface area contributed by atoms with E-state index in [1.807, 2.05) is 12.1 Å². The molecule has 1 atom stereocenters. The molecule has 1 aliphatic heterocycles. The zero-order valence-corrected chi connectivity index (χ0v) is 14.2. The van der Waals surface area contributed by atoms with Crippen molar-refractivity contribution in [1.29, 1.82) is 0 Å². The average Bonchev–Trinajstić information content (AvgIpc) is 2.95. The molecular formula is C21H25NO2. The van der Waals surface area contributed by atoms with Crippen molar-refractivity contribution >= 4 is 5.97 Å². The summed E-state index contributed by atoms with van der Waals surface area (Å²) in [5.74, 6) is -0.856. The molecule has 1 N–H and O–H groups in total. The first-order valence-corrected chi connectivity index (χ1v) is 8.63. The van der Waals surface area contributed by atoms with E-state index in [9.17, 15) is 4.79 Å². The van der Waals surface area contributed by atoms with E-state index in [1.165, 1.54) is 18.4 Å². The molecule has 0 saturated carbocycles. The minimum absolute atomic E-state index is 0.347. The average molecular weight is 323 g/mol. The van der Waals surface area contributed by atoms with Gasteiger partial charge in [0.25, 0.3) is 0 Å². The molecule has 2 aromatic carbocycles. The van der Waals surface area contributed by atoms with Crippen LogP contribution in [0, 0.1) is 5.41 Å². The van der Waals surface area contributed by atoms with E-state index in [2.05, 4.69) is 42.2 Å². The van der Waals surface area contributed by atoms with Crippen LogP contribution in [-0.4, -0.2) is 29.1 Å². The Balaban J connectivity index is 1.56. The van der Waals surface area contributed by atoms with Crippen LogP contribution < -0.4 is 0 Å². The van der Waals surface area contributed by atoms with Gasteiger partial charge in [0.2, 0.25) is 0 Å². The van der Waals surface area contributed by atoms with Gasteiger partial charge in [0.05, 0.1) is 5.56 Å². The molecule has 1 saturated heterocycles. The van der Waals surface area contributed by atoms with Gasteiger partial charge in [-0.25, -0.2) is 4.79 Å².